The van der Waals surface area contributed by atoms with E-state index in [2.05, 4.69) is 50.5 Å². The van der Waals surface area contributed by atoms with Crippen molar-refractivity contribution in [3.63, 3.8) is 0 Å². The maximum Gasteiger partial charge on any atom is 0.234 e. The summed E-state index contributed by atoms with van der Waals surface area (Å²) >= 11 is 4.80. The van der Waals surface area contributed by atoms with Crippen LogP contribution in [0.2, 0.25) is 0 Å². The number of aromatic nitrogens is 3. The molecule has 0 spiro atoms. The summed E-state index contributed by atoms with van der Waals surface area (Å²) < 4.78 is 8.88. The number of thioether (sulfide) groups is 1. The topological polar surface area (TPSA) is 69.0 Å². The minimum Gasteiger partial charge on any atom is -0.483 e. The van der Waals surface area contributed by atoms with E-state index in [0.717, 1.165) is 27.9 Å². The predicted octanol–water partition coefficient (Wildman–Crippen LogP) is 5.32. The molecule has 0 radical (unpaired) electrons. The lowest BCUT2D eigenvalue weighted by Crippen LogP contribution is -2.15. The monoisotopic (exact) mass is 488 g/mol. The number of benzene rings is 2. The quantitative estimate of drug-likeness (QED) is 0.434. The van der Waals surface area contributed by atoms with Gasteiger partial charge in [0.2, 0.25) is 5.91 Å². The van der Waals surface area contributed by atoms with Gasteiger partial charge in [-0.1, -0.05) is 46.7 Å². The van der Waals surface area contributed by atoms with Gasteiger partial charge in [-0.2, -0.15) is 0 Å². The van der Waals surface area contributed by atoms with Crippen molar-refractivity contribution in [2.45, 2.75) is 38.5 Å². The molecule has 0 fully saturated rings. The van der Waals surface area contributed by atoms with Gasteiger partial charge < -0.3 is 14.6 Å². The third-order valence-corrected chi connectivity index (χ3v) is 6.56. The third-order valence-electron chi connectivity index (χ3n) is 4.65. The maximum absolute atomic E-state index is 12.3. The average molecular weight is 489 g/mol. The van der Waals surface area contributed by atoms with Crippen LogP contribution in [-0.4, -0.2) is 26.4 Å². The molecule has 0 saturated carbocycles. The molecular weight excluding hydrogens is 464 g/mol. The normalized spacial score (nSPS) is 11.9. The first kappa shape index (κ1) is 22.4. The van der Waals surface area contributed by atoms with Gasteiger partial charge in [0.05, 0.1) is 5.75 Å². The van der Waals surface area contributed by atoms with E-state index in [4.69, 9.17) is 4.74 Å². The van der Waals surface area contributed by atoms with Crippen molar-refractivity contribution in [3.05, 3.63) is 63.9 Å². The molecular formula is C22H25BrN4O2S. The first-order valence-corrected chi connectivity index (χ1v) is 11.5. The minimum atomic E-state index is -0.260. The number of halogens is 1. The molecule has 1 atom stereocenters. The Hall–Kier alpha value is -2.32. The van der Waals surface area contributed by atoms with E-state index in [9.17, 15) is 4.79 Å². The van der Waals surface area contributed by atoms with E-state index in [-0.39, 0.29) is 17.8 Å². The van der Waals surface area contributed by atoms with Gasteiger partial charge in [0.1, 0.15) is 5.75 Å². The smallest absolute Gasteiger partial charge is 0.234 e. The van der Waals surface area contributed by atoms with E-state index in [1.165, 1.54) is 17.3 Å². The van der Waals surface area contributed by atoms with Crippen molar-refractivity contribution in [2.24, 2.45) is 7.05 Å². The Kier molecular flexibility index (Phi) is 7.55. The molecule has 2 aromatic carbocycles. The Bertz CT molecular complexity index is 1020. The van der Waals surface area contributed by atoms with Gasteiger partial charge in [0.15, 0.2) is 17.1 Å². The number of hydrogen-bond donors (Lipinski definition) is 1. The van der Waals surface area contributed by atoms with Crippen LogP contribution < -0.4 is 10.1 Å². The Balaban J connectivity index is 1.57. The van der Waals surface area contributed by atoms with Crippen LogP contribution in [0.15, 0.2) is 52.1 Å². The van der Waals surface area contributed by atoms with E-state index >= 15 is 0 Å². The summed E-state index contributed by atoms with van der Waals surface area (Å²) in [5, 5.41) is 12.1. The molecule has 0 aliphatic heterocycles. The molecule has 0 saturated heterocycles. The van der Waals surface area contributed by atoms with Gasteiger partial charge >= 0.3 is 0 Å². The zero-order valence-corrected chi connectivity index (χ0v) is 19.9. The van der Waals surface area contributed by atoms with Gasteiger partial charge in [-0.25, -0.2) is 0 Å². The molecule has 3 rings (SSSR count). The zero-order valence-electron chi connectivity index (χ0n) is 17.5. The van der Waals surface area contributed by atoms with Gasteiger partial charge in [-0.15, -0.1) is 10.2 Å². The third kappa shape index (κ3) is 5.64. The van der Waals surface area contributed by atoms with Crippen LogP contribution in [0.1, 0.15) is 36.9 Å². The predicted molar refractivity (Wildman–Crippen MR) is 124 cm³/mol. The zero-order chi connectivity index (χ0) is 21.7. The fourth-order valence-electron chi connectivity index (χ4n) is 2.92. The summed E-state index contributed by atoms with van der Waals surface area (Å²) in [6.07, 6.45) is 0.734. The minimum absolute atomic E-state index is 0.0911. The van der Waals surface area contributed by atoms with Crippen LogP contribution in [-0.2, 0) is 18.3 Å². The largest absolute Gasteiger partial charge is 0.483 e. The molecule has 8 heteroatoms. The van der Waals surface area contributed by atoms with Gasteiger partial charge in [0, 0.05) is 17.2 Å². The summed E-state index contributed by atoms with van der Waals surface area (Å²) in [5.74, 6) is 1.66. The summed E-state index contributed by atoms with van der Waals surface area (Å²) in [6, 6.07) is 13.8. The number of anilines is 1. The molecule has 1 amide bonds. The van der Waals surface area contributed by atoms with Crippen LogP contribution in [0.3, 0.4) is 0 Å². The van der Waals surface area contributed by atoms with Crippen molar-refractivity contribution >= 4 is 39.3 Å². The van der Waals surface area contributed by atoms with Crippen LogP contribution in [0.4, 0.5) is 5.69 Å². The number of nitrogens with one attached hydrogen (secondary N) is 1. The van der Waals surface area contributed by atoms with Gasteiger partial charge in [-0.05, 0) is 61.7 Å². The average Bonchev–Trinajstić information content (AvgIpc) is 3.10. The highest BCUT2D eigenvalue weighted by Crippen LogP contribution is 2.24. The molecule has 6 nitrogen and oxygen atoms in total. The number of nitrogens with zero attached hydrogens (tertiary/aromatic N) is 3. The summed E-state index contributed by atoms with van der Waals surface area (Å²) in [4.78, 5) is 12.3. The Morgan fingerprint density at radius 3 is 2.63 bits per heavy atom. The van der Waals surface area contributed by atoms with Crippen molar-refractivity contribution < 1.29 is 9.53 Å². The first-order valence-electron chi connectivity index (χ1n) is 9.71. The van der Waals surface area contributed by atoms with Crippen LogP contribution in [0.5, 0.6) is 5.75 Å². The second-order valence-electron chi connectivity index (χ2n) is 6.96. The lowest BCUT2D eigenvalue weighted by molar-refractivity contribution is -0.113. The van der Waals surface area contributed by atoms with Gasteiger partial charge in [-0.3, -0.25) is 4.79 Å². The lowest BCUT2D eigenvalue weighted by Gasteiger charge is -2.14. The summed E-state index contributed by atoms with van der Waals surface area (Å²) in [6.45, 7) is 6.04. The maximum atomic E-state index is 12.3. The van der Waals surface area contributed by atoms with E-state index in [1.807, 2.05) is 55.8 Å². The lowest BCUT2D eigenvalue weighted by atomic mass is 10.2. The molecule has 0 bridgehead atoms. The fraction of sp³-hybridized carbons (Fsp3) is 0.318. The van der Waals surface area contributed by atoms with Crippen LogP contribution >= 0.6 is 27.7 Å². The highest BCUT2D eigenvalue weighted by molar-refractivity contribution is 9.10. The molecule has 0 unspecified atom stereocenters. The standard InChI is InChI=1S/C22H25BrN4O2S/c1-5-16-6-9-18(10-7-16)29-15(3)21-25-26-22(27(21)4)30-13-20(28)24-17-8-11-19(23)14(2)12-17/h6-12,15H,5,13H2,1-4H3,(H,24,28)/t15-/m0/s1. The number of rotatable bonds is 8. The summed E-state index contributed by atoms with van der Waals surface area (Å²) in [7, 11) is 1.88. The summed E-state index contributed by atoms with van der Waals surface area (Å²) in [5.41, 5.74) is 3.11. The number of carbonyl (C=O) groups is 1. The Morgan fingerprint density at radius 1 is 1.23 bits per heavy atom. The van der Waals surface area contributed by atoms with Crippen molar-refractivity contribution in [1.29, 1.82) is 0 Å². The van der Waals surface area contributed by atoms with E-state index in [1.54, 1.807) is 0 Å². The van der Waals surface area contributed by atoms with Crippen molar-refractivity contribution in [2.75, 3.05) is 11.1 Å². The number of hydrogen-bond acceptors (Lipinski definition) is 5. The van der Waals surface area contributed by atoms with Gasteiger partial charge in [0.25, 0.3) is 0 Å². The van der Waals surface area contributed by atoms with Crippen LogP contribution in [0, 0.1) is 6.92 Å². The number of amides is 1. The van der Waals surface area contributed by atoms with Crippen molar-refractivity contribution in [3.8, 4) is 5.75 Å². The molecule has 1 N–H and O–H groups in total. The molecule has 1 heterocycles. The first-order chi connectivity index (χ1) is 14.4. The second kappa shape index (κ2) is 10.1. The van der Waals surface area contributed by atoms with Crippen molar-refractivity contribution in [1.82, 2.24) is 14.8 Å². The van der Waals surface area contributed by atoms with E-state index in [0.29, 0.717) is 11.0 Å². The number of ether oxygens (including phenoxy) is 1. The molecule has 0 aliphatic carbocycles. The second-order valence-corrected chi connectivity index (χ2v) is 8.76. The Morgan fingerprint density at radius 2 is 1.97 bits per heavy atom. The molecule has 1 aromatic heterocycles. The molecule has 30 heavy (non-hydrogen) atoms. The van der Waals surface area contributed by atoms with E-state index < -0.39 is 0 Å². The number of aryl methyl sites for hydroxylation is 2. The highest BCUT2D eigenvalue weighted by atomic mass is 79.9. The molecule has 3 aromatic rings. The molecule has 158 valence electrons. The number of carbonyl (C=O) groups excluding carboxylic acids is 1. The SMILES string of the molecule is CCc1ccc(O[C@@H](C)c2nnc(SCC(=O)Nc3ccc(Br)c(C)c3)n2C)cc1. The van der Waals surface area contributed by atoms with Crippen LogP contribution in [0.25, 0.3) is 0 Å². The highest BCUT2D eigenvalue weighted by Gasteiger charge is 2.18. The molecule has 0 aliphatic rings. The fourth-order valence-corrected chi connectivity index (χ4v) is 3.88. The Labute approximate surface area is 189 Å².